The summed E-state index contributed by atoms with van der Waals surface area (Å²) < 4.78 is 5.28. The van der Waals surface area contributed by atoms with Gasteiger partial charge < -0.3 is 15.2 Å². The molecule has 3 amide bonds. The normalized spacial score (nSPS) is 18.6. The van der Waals surface area contributed by atoms with E-state index in [1.807, 2.05) is 0 Å². The van der Waals surface area contributed by atoms with E-state index in [1.165, 1.54) is 0 Å². The number of carbonyl (C=O) groups is 3. The third-order valence-corrected chi connectivity index (χ3v) is 3.69. The zero-order valence-electron chi connectivity index (χ0n) is 12.6. The van der Waals surface area contributed by atoms with Gasteiger partial charge >= 0.3 is 12.0 Å². The van der Waals surface area contributed by atoms with Crippen LogP contribution in [0.25, 0.3) is 0 Å². The van der Waals surface area contributed by atoms with Crippen molar-refractivity contribution in [2.75, 3.05) is 19.8 Å². The Balaban J connectivity index is 2.26. The van der Waals surface area contributed by atoms with Crippen molar-refractivity contribution in [2.45, 2.75) is 39.5 Å². The van der Waals surface area contributed by atoms with Crippen molar-refractivity contribution < 1.29 is 24.2 Å². The topological polar surface area (TPSA) is 105 Å². The highest BCUT2D eigenvalue weighted by Crippen LogP contribution is 2.28. The molecule has 0 bridgehead atoms. The maximum absolute atomic E-state index is 11.7. The number of carboxylic acids is 1. The number of ether oxygens (including phenoxy) is 1. The van der Waals surface area contributed by atoms with Crippen LogP contribution in [0.4, 0.5) is 4.79 Å². The monoisotopic (exact) mass is 300 g/mol. The number of carbonyl (C=O) groups excluding carboxylic acids is 2. The number of imide groups is 1. The first-order valence-corrected chi connectivity index (χ1v) is 7.18. The van der Waals surface area contributed by atoms with Gasteiger partial charge in [0.15, 0.2) is 0 Å². The molecule has 0 saturated carbocycles. The lowest BCUT2D eigenvalue weighted by Gasteiger charge is -2.33. The first kappa shape index (κ1) is 17.4. The number of rotatable bonds is 6. The summed E-state index contributed by atoms with van der Waals surface area (Å²) >= 11 is 0. The van der Waals surface area contributed by atoms with Gasteiger partial charge in [-0.1, -0.05) is 13.8 Å². The van der Waals surface area contributed by atoms with Gasteiger partial charge in [0.2, 0.25) is 5.91 Å². The van der Waals surface area contributed by atoms with Crippen LogP contribution in [0.2, 0.25) is 0 Å². The van der Waals surface area contributed by atoms with E-state index in [9.17, 15) is 14.4 Å². The van der Waals surface area contributed by atoms with Crippen LogP contribution in [0.15, 0.2) is 0 Å². The van der Waals surface area contributed by atoms with Crippen LogP contribution in [-0.2, 0) is 14.3 Å². The van der Waals surface area contributed by atoms with Gasteiger partial charge in [-0.05, 0) is 24.2 Å². The van der Waals surface area contributed by atoms with Crippen LogP contribution in [-0.4, -0.2) is 42.8 Å². The number of carboxylic acid groups (broad SMARTS) is 1. The predicted molar refractivity (Wildman–Crippen MR) is 75.7 cm³/mol. The van der Waals surface area contributed by atoms with Crippen molar-refractivity contribution in [3.8, 4) is 0 Å². The van der Waals surface area contributed by atoms with Crippen LogP contribution < -0.4 is 10.6 Å². The number of nitrogens with one attached hydrogen (secondary N) is 2. The number of hydrogen-bond acceptors (Lipinski definition) is 4. The molecule has 0 spiro atoms. The number of hydrogen-bond donors (Lipinski definition) is 3. The lowest BCUT2D eigenvalue weighted by Crippen LogP contribution is -2.45. The van der Waals surface area contributed by atoms with E-state index in [2.05, 4.69) is 17.6 Å². The van der Waals surface area contributed by atoms with Crippen LogP contribution >= 0.6 is 0 Å². The zero-order chi connectivity index (χ0) is 15.9. The fraction of sp³-hybridized carbons (Fsp3) is 0.786. The van der Waals surface area contributed by atoms with Gasteiger partial charge in [0, 0.05) is 32.6 Å². The lowest BCUT2D eigenvalue weighted by molar-refractivity contribution is -0.138. The van der Waals surface area contributed by atoms with E-state index in [1.54, 1.807) is 6.92 Å². The fourth-order valence-corrected chi connectivity index (χ4v) is 2.24. The van der Waals surface area contributed by atoms with Crippen LogP contribution in [0, 0.1) is 11.3 Å². The molecule has 1 atom stereocenters. The van der Waals surface area contributed by atoms with E-state index < -0.39 is 17.9 Å². The molecule has 21 heavy (non-hydrogen) atoms. The van der Waals surface area contributed by atoms with Crippen molar-refractivity contribution in [1.82, 2.24) is 10.6 Å². The third-order valence-electron chi connectivity index (χ3n) is 3.69. The minimum atomic E-state index is -0.952. The summed E-state index contributed by atoms with van der Waals surface area (Å²) in [6.45, 7) is 5.60. The van der Waals surface area contributed by atoms with Gasteiger partial charge in [0.05, 0.1) is 0 Å². The third kappa shape index (κ3) is 7.08. The second kappa shape index (κ2) is 7.97. The fourth-order valence-electron chi connectivity index (χ4n) is 2.24. The molecule has 120 valence electrons. The summed E-state index contributed by atoms with van der Waals surface area (Å²) in [5.41, 5.74) is -0.00473. The largest absolute Gasteiger partial charge is 0.481 e. The number of amides is 3. The Morgan fingerprint density at radius 3 is 2.43 bits per heavy atom. The standard InChI is InChI=1S/C14H24N2O5/c1-10(8-12(18)19)7-11(17)16-13(20)15-9-14(2)3-5-21-6-4-14/h10H,3-9H2,1-2H3,(H,18,19)(H2,15,16,17,20). The minimum absolute atomic E-state index is 0.00473. The molecular formula is C14H24N2O5. The zero-order valence-corrected chi connectivity index (χ0v) is 12.6. The van der Waals surface area contributed by atoms with E-state index in [0.29, 0.717) is 19.8 Å². The van der Waals surface area contributed by atoms with Crippen molar-refractivity contribution >= 4 is 17.9 Å². The smallest absolute Gasteiger partial charge is 0.321 e. The predicted octanol–water partition coefficient (Wildman–Crippen LogP) is 1.13. The molecule has 0 aromatic heterocycles. The molecule has 1 rings (SSSR count). The highest BCUT2D eigenvalue weighted by molar-refractivity contribution is 5.94. The summed E-state index contributed by atoms with van der Waals surface area (Å²) in [6, 6.07) is -0.532. The van der Waals surface area contributed by atoms with Crippen LogP contribution in [0.1, 0.15) is 39.5 Å². The average molecular weight is 300 g/mol. The highest BCUT2D eigenvalue weighted by atomic mass is 16.5. The number of urea groups is 1. The van der Waals surface area contributed by atoms with Gasteiger partial charge in [-0.25, -0.2) is 4.79 Å². The average Bonchev–Trinajstić information content (AvgIpc) is 2.36. The molecule has 0 aromatic rings. The molecule has 7 heteroatoms. The Bertz CT molecular complexity index is 391. The van der Waals surface area contributed by atoms with Crippen LogP contribution in [0.5, 0.6) is 0 Å². The van der Waals surface area contributed by atoms with E-state index in [0.717, 1.165) is 12.8 Å². The molecule has 7 nitrogen and oxygen atoms in total. The second-order valence-corrected chi connectivity index (χ2v) is 6.06. The van der Waals surface area contributed by atoms with E-state index >= 15 is 0 Å². The Labute approximate surface area is 124 Å². The molecule has 3 N–H and O–H groups in total. The van der Waals surface area contributed by atoms with Crippen molar-refractivity contribution in [2.24, 2.45) is 11.3 Å². The maximum atomic E-state index is 11.7. The summed E-state index contributed by atoms with van der Waals surface area (Å²) in [4.78, 5) is 33.7. The van der Waals surface area contributed by atoms with E-state index in [-0.39, 0.29) is 24.2 Å². The molecule has 1 saturated heterocycles. The Hall–Kier alpha value is -1.63. The van der Waals surface area contributed by atoms with Crippen molar-refractivity contribution in [3.05, 3.63) is 0 Å². The molecule has 0 radical (unpaired) electrons. The molecule has 1 unspecified atom stereocenters. The van der Waals surface area contributed by atoms with E-state index in [4.69, 9.17) is 9.84 Å². The Morgan fingerprint density at radius 1 is 1.24 bits per heavy atom. The molecular weight excluding hydrogens is 276 g/mol. The first-order chi connectivity index (χ1) is 9.81. The van der Waals surface area contributed by atoms with Gasteiger partial charge in [0.25, 0.3) is 0 Å². The summed E-state index contributed by atoms with van der Waals surface area (Å²) in [6.07, 6.45) is 1.67. The van der Waals surface area contributed by atoms with Gasteiger partial charge in [-0.15, -0.1) is 0 Å². The lowest BCUT2D eigenvalue weighted by atomic mass is 9.82. The maximum Gasteiger partial charge on any atom is 0.321 e. The first-order valence-electron chi connectivity index (χ1n) is 7.18. The highest BCUT2D eigenvalue weighted by Gasteiger charge is 2.28. The molecule has 1 aliphatic rings. The summed E-state index contributed by atoms with van der Waals surface area (Å²) in [7, 11) is 0. The molecule has 1 heterocycles. The Kier molecular flexibility index (Phi) is 6.61. The van der Waals surface area contributed by atoms with Crippen LogP contribution in [0.3, 0.4) is 0 Å². The van der Waals surface area contributed by atoms with Gasteiger partial charge in [-0.2, -0.15) is 0 Å². The molecule has 0 aromatic carbocycles. The summed E-state index contributed by atoms with van der Waals surface area (Å²) in [5.74, 6) is -1.71. The Morgan fingerprint density at radius 2 is 1.86 bits per heavy atom. The molecule has 1 fully saturated rings. The number of aliphatic carboxylic acids is 1. The molecule has 1 aliphatic heterocycles. The van der Waals surface area contributed by atoms with Crippen molar-refractivity contribution in [1.29, 1.82) is 0 Å². The SMILES string of the molecule is CC(CC(=O)O)CC(=O)NC(=O)NCC1(C)CCOCC1. The van der Waals surface area contributed by atoms with Crippen molar-refractivity contribution in [3.63, 3.8) is 0 Å². The van der Waals surface area contributed by atoms with Gasteiger partial charge in [0.1, 0.15) is 0 Å². The second-order valence-electron chi connectivity index (χ2n) is 6.06. The summed E-state index contributed by atoms with van der Waals surface area (Å²) in [5, 5.41) is 13.5. The van der Waals surface area contributed by atoms with Gasteiger partial charge in [-0.3, -0.25) is 14.9 Å². The quantitative estimate of drug-likeness (QED) is 0.682. The minimum Gasteiger partial charge on any atom is -0.481 e. The molecule has 0 aliphatic carbocycles.